The minimum Gasteiger partial charge on any atom is -0.426 e. The maximum absolute atomic E-state index is 12.0. The zero-order valence-corrected chi connectivity index (χ0v) is 11.4. The van der Waals surface area contributed by atoms with Gasteiger partial charge in [0.25, 0.3) is 0 Å². The molecular weight excluding hydrogens is 252 g/mol. The van der Waals surface area contributed by atoms with Crippen molar-refractivity contribution in [3.8, 4) is 5.75 Å². The molecule has 4 nitrogen and oxygen atoms in total. The highest BCUT2D eigenvalue weighted by Crippen LogP contribution is 2.24. The molecule has 0 amide bonds. The van der Waals surface area contributed by atoms with Gasteiger partial charge in [0.05, 0.1) is 12.0 Å². The molecule has 0 aromatic heterocycles. The second kappa shape index (κ2) is 7.41. The summed E-state index contributed by atoms with van der Waals surface area (Å²) < 4.78 is 5.30. The maximum atomic E-state index is 12.0. The fourth-order valence-corrected chi connectivity index (χ4v) is 2.18. The van der Waals surface area contributed by atoms with Crippen molar-refractivity contribution >= 4 is 17.7 Å². The van der Waals surface area contributed by atoms with E-state index in [1.165, 1.54) is 11.8 Å². The Balaban J connectivity index is 2.44. The highest BCUT2D eigenvalue weighted by Gasteiger charge is 2.29. The summed E-state index contributed by atoms with van der Waals surface area (Å²) in [6.45, 7) is 3.94. The van der Waals surface area contributed by atoms with Crippen molar-refractivity contribution in [2.75, 3.05) is 18.1 Å². The molecule has 0 spiro atoms. The van der Waals surface area contributed by atoms with E-state index >= 15 is 0 Å². The molecule has 0 radical (unpaired) electrons. The van der Waals surface area contributed by atoms with Gasteiger partial charge in [0.2, 0.25) is 0 Å². The number of hydrogen-bond donors (Lipinski definition) is 1. The number of carbonyl (C=O) groups excluding carboxylic acids is 1. The lowest BCUT2D eigenvalue weighted by molar-refractivity contribution is -0.236. The SMILES string of the molecule is CC(C)(CSCCOO)C(=O)Oc1ccccc1. The molecular formula is C13H18O4S. The van der Waals surface area contributed by atoms with Crippen molar-refractivity contribution in [3.05, 3.63) is 30.3 Å². The summed E-state index contributed by atoms with van der Waals surface area (Å²) in [5.74, 6) is 1.55. The fraction of sp³-hybridized carbons (Fsp3) is 0.462. The van der Waals surface area contributed by atoms with Crippen LogP contribution in [-0.2, 0) is 9.68 Å². The monoisotopic (exact) mass is 270 g/mol. The van der Waals surface area contributed by atoms with Gasteiger partial charge in [0, 0.05) is 11.5 Å². The van der Waals surface area contributed by atoms with E-state index in [2.05, 4.69) is 4.89 Å². The smallest absolute Gasteiger partial charge is 0.317 e. The Morgan fingerprint density at radius 3 is 2.61 bits per heavy atom. The number of carbonyl (C=O) groups is 1. The van der Waals surface area contributed by atoms with Gasteiger partial charge >= 0.3 is 5.97 Å². The van der Waals surface area contributed by atoms with Gasteiger partial charge in [-0.2, -0.15) is 11.8 Å². The minimum absolute atomic E-state index is 0.258. The molecule has 100 valence electrons. The average molecular weight is 270 g/mol. The molecule has 1 aromatic rings. The van der Waals surface area contributed by atoms with E-state index in [9.17, 15) is 4.79 Å². The summed E-state index contributed by atoms with van der Waals surface area (Å²) in [6, 6.07) is 9.01. The fourth-order valence-electron chi connectivity index (χ4n) is 1.22. The van der Waals surface area contributed by atoms with E-state index in [0.717, 1.165) is 0 Å². The van der Waals surface area contributed by atoms with Crippen molar-refractivity contribution in [3.63, 3.8) is 0 Å². The van der Waals surface area contributed by atoms with Gasteiger partial charge in [-0.15, -0.1) is 0 Å². The molecule has 18 heavy (non-hydrogen) atoms. The second-order valence-corrected chi connectivity index (χ2v) is 5.58. The zero-order valence-electron chi connectivity index (χ0n) is 10.6. The highest BCUT2D eigenvalue weighted by molar-refractivity contribution is 7.99. The predicted octanol–water partition coefficient (Wildman–Crippen LogP) is 2.84. The number of para-hydroxylation sites is 1. The van der Waals surface area contributed by atoms with E-state index in [-0.39, 0.29) is 12.6 Å². The number of thioether (sulfide) groups is 1. The molecule has 0 heterocycles. The number of rotatable bonds is 7. The Bertz CT molecular complexity index is 365. The Hall–Kier alpha value is -1.04. The summed E-state index contributed by atoms with van der Waals surface area (Å²) in [5.41, 5.74) is -0.573. The predicted molar refractivity (Wildman–Crippen MR) is 71.8 cm³/mol. The van der Waals surface area contributed by atoms with Crippen molar-refractivity contribution in [1.82, 2.24) is 0 Å². The Morgan fingerprint density at radius 1 is 1.33 bits per heavy atom. The zero-order chi connectivity index (χ0) is 13.4. The normalized spacial score (nSPS) is 11.3. The van der Waals surface area contributed by atoms with Gasteiger partial charge in [-0.1, -0.05) is 18.2 Å². The molecule has 0 aliphatic carbocycles. The molecule has 0 atom stereocenters. The Morgan fingerprint density at radius 2 is 2.00 bits per heavy atom. The van der Waals surface area contributed by atoms with Gasteiger partial charge in [0.15, 0.2) is 0 Å². The minimum atomic E-state index is -0.573. The largest absolute Gasteiger partial charge is 0.426 e. The molecule has 5 heteroatoms. The summed E-state index contributed by atoms with van der Waals surface area (Å²) >= 11 is 1.54. The number of benzene rings is 1. The van der Waals surface area contributed by atoms with E-state index in [0.29, 0.717) is 17.3 Å². The third kappa shape index (κ3) is 5.08. The van der Waals surface area contributed by atoms with Gasteiger partial charge < -0.3 is 4.74 Å². The summed E-state index contributed by atoms with van der Waals surface area (Å²) in [7, 11) is 0. The van der Waals surface area contributed by atoms with Crippen LogP contribution in [0.2, 0.25) is 0 Å². The molecule has 0 bridgehead atoms. The summed E-state index contributed by atoms with van der Waals surface area (Å²) in [5, 5.41) is 8.19. The van der Waals surface area contributed by atoms with Crippen LogP contribution in [0.1, 0.15) is 13.8 Å². The van der Waals surface area contributed by atoms with Crippen LogP contribution in [0.4, 0.5) is 0 Å². The van der Waals surface area contributed by atoms with Crippen molar-refractivity contribution < 1.29 is 19.7 Å². The molecule has 0 saturated carbocycles. The Kier molecular flexibility index (Phi) is 6.18. The van der Waals surface area contributed by atoms with Crippen LogP contribution in [0.15, 0.2) is 30.3 Å². The van der Waals surface area contributed by atoms with Crippen LogP contribution < -0.4 is 4.74 Å². The topological polar surface area (TPSA) is 55.8 Å². The number of hydrogen-bond acceptors (Lipinski definition) is 5. The maximum Gasteiger partial charge on any atom is 0.317 e. The van der Waals surface area contributed by atoms with Crippen molar-refractivity contribution in [2.45, 2.75) is 13.8 Å². The molecule has 1 aromatic carbocycles. The third-order valence-corrected chi connectivity index (χ3v) is 3.67. The number of esters is 1. The number of ether oxygens (including phenoxy) is 1. The Labute approximate surface area is 111 Å². The molecule has 0 saturated heterocycles. The molecule has 0 aliphatic heterocycles. The van der Waals surface area contributed by atoms with E-state index in [1.54, 1.807) is 12.1 Å². The van der Waals surface area contributed by atoms with Gasteiger partial charge in [0.1, 0.15) is 5.75 Å². The molecule has 0 fully saturated rings. The van der Waals surface area contributed by atoms with Gasteiger partial charge in [-0.25, -0.2) is 4.89 Å². The lowest BCUT2D eigenvalue weighted by Crippen LogP contribution is -2.31. The second-order valence-electron chi connectivity index (χ2n) is 4.47. The first-order chi connectivity index (χ1) is 8.56. The third-order valence-electron chi connectivity index (χ3n) is 2.29. The van der Waals surface area contributed by atoms with E-state index in [4.69, 9.17) is 9.99 Å². The average Bonchev–Trinajstić information content (AvgIpc) is 2.36. The van der Waals surface area contributed by atoms with Crippen LogP contribution in [0.5, 0.6) is 5.75 Å². The first-order valence-electron chi connectivity index (χ1n) is 5.68. The van der Waals surface area contributed by atoms with Crippen molar-refractivity contribution in [1.29, 1.82) is 0 Å². The summed E-state index contributed by atoms with van der Waals surface area (Å²) in [4.78, 5) is 16.0. The quantitative estimate of drug-likeness (QED) is 0.271. The molecule has 1 N–H and O–H groups in total. The first-order valence-corrected chi connectivity index (χ1v) is 6.83. The van der Waals surface area contributed by atoms with Crippen LogP contribution in [0, 0.1) is 5.41 Å². The summed E-state index contributed by atoms with van der Waals surface area (Å²) in [6.07, 6.45) is 0. The first kappa shape index (κ1) is 15.0. The molecule has 1 rings (SSSR count). The van der Waals surface area contributed by atoms with Crippen LogP contribution >= 0.6 is 11.8 Å². The van der Waals surface area contributed by atoms with Crippen LogP contribution in [0.3, 0.4) is 0 Å². The highest BCUT2D eigenvalue weighted by atomic mass is 32.2. The van der Waals surface area contributed by atoms with E-state index in [1.807, 2.05) is 32.0 Å². The molecule has 0 unspecified atom stereocenters. The van der Waals surface area contributed by atoms with Gasteiger partial charge in [-0.3, -0.25) is 10.1 Å². The standard InChI is InChI=1S/C13H18O4S/c1-13(2,10-18-9-8-16-15)12(14)17-11-6-4-3-5-7-11/h3-7,15H,8-10H2,1-2H3. The van der Waals surface area contributed by atoms with Gasteiger partial charge in [-0.05, 0) is 26.0 Å². The lowest BCUT2D eigenvalue weighted by Gasteiger charge is -2.21. The van der Waals surface area contributed by atoms with Crippen molar-refractivity contribution in [2.24, 2.45) is 5.41 Å². The lowest BCUT2D eigenvalue weighted by atomic mass is 9.97. The van der Waals surface area contributed by atoms with Crippen LogP contribution in [-0.4, -0.2) is 29.3 Å². The molecule has 0 aliphatic rings. The van der Waals surface area contributed by atoms with E-state index < -0.39 is 5.41 Å². The van der Waals surface area contributed by atoms with Crippen LogP contribution in [0.25, 0.3) is 0 Å².